The number of ether oxygens (including phenoxy) is 1. The number of hydrogen-bond donors (Lipinski definition) is 0. The number of aryl methyl sites for hydroxylation is 1. The van der Waals surface area contributed by atoms with E-state index < -0.39 is 0 Å². The highest BCUT2D eigenvalue weighted by molar-refractivity contribution is 4.65. The standard InChI is InChI=1S/C24H47N2O/c1-3-5-7-9-11-13-15-17-19-25-20-21-26(23-25)24-27-22-18-16-14-12-10-8-6-4-2/h20-21,23H,3-19,22,24H2,1-2H3/q+1. The maximum atomic E-state index is 5.82. The van der Waals surface area contributed by atoms with Crippen LogP contribution in [-0.4, -0.2) is 11.2 Å². The van der Waals surface area contributed by atoms with Gasteiger partial charge in [0.2, 0.25) is 6.33 Å². The maximum Gasteiger partial charge on any atom is 0.245 e. The normalized spacial score (nSPS) is 11.3. The average Bonchev–Trinajstić information content (AvgIpc) is 3.13. The summed E-state index contributed by atoms with van der Waals surface area (Å²) < 4.78 is 10.3. The van der Waals surface area contributed by atoms with Gasteiger partial charge in [-0.25, -0.2) is 9.13 Å². The van der Waals surface area contributed by atoms with Crippen LogP contribution < -0.4 is 4.57 Å². The summed E-state index contributed by atoms with van der Waals surface area (Å²) >= 11 is 0. The third kappa shape index (κ3) is 14.8. The first-order chi connectivity index (χ1) is 13.4. The van der Waals surface area contributed by atoms with Crippen molar-refractivity contribution >= 4 is 0 Å². The first kappa shape index (κ1) is 24.2. The van der Waals surface area contributed by atoms with Gasteiger partial charge >= 0.3 is 0 Å². The zero-order chi connectivity index (χ0) is 19.4. The van der Waals surface area contributed by atoms with Gasteiger partial charge in [-0.15, -0.1) is 0 Å². The number of nitrogens with zero attached hydrogens (tertiary/aromatic N) is 2. The van der Waals surface area contributed by atoms with E-state index in [4.69, 9.17) is 4.74 Å². The van der Waals surface area contributed by atoms with Crippen LogP contribution >= 0.6 is 0 Å². The predicted molar refractivity (Wildman–Crippen MR) is 116 cm³/mol. The minimum atomic E-state index is 0.695. The van der Waals surface area contributed by atoms with Crippen molar-refractivity contribution in [2.75, 3.05) is 6.61 Å². The van der Waals surface area contributed by atoms with Gasteiger partial charge in [0, 0.05) is 0 Å². The second kappa shape index (κ2) is 18.5. The summed E-state index contributed by atoms with van der Waals surface area (Å²) in [5, 5.41) is 0. The maximum absolute atomic E-state index is 5.82. The molecule has 1 heterocycles. The molecule has 0 amide bonds. The van der Waals surface area contributed by atoms with Gasteiger partial charge in [-0.05, 0) is 19.3 Å². The zero-order valence-electron chi connectivity index (χ0n) is 18.5. The fourth-order valence-corrected chi connectivity index (χ4v) is 3.58. The van der Waals surface area contributed by atoms with Crippen molar-refractivity contribution < 1.29 is 9.30 Å². The lowest BCUT2D eigenvalue weighted by Crippen LogP contribution is -2.32. The molecule has 1 rings (SSSR count). The molecule has 0 aliphatic heterocycles. The molecular weight excluding hydrogens is 332 g/mol. The van der Waals surface area contributed by atoms with Crippen LogP contribution in [0.5, 0.6) is 0 Å². The molecule has 1 aromatic rings. The Balaban J connectivity index is 1.90. The summed E-state index contributed by atoms with van der Waals surface area (Å²) in [6.45, 7) is 7.29. The van der Waals surface area contributed by atoms with Gasteiger partial charge in [0.05, 0.1) is 13.2 Å². The molecule has 3 nitrogen and oxygen atoms in total. The Morgan fingerprint density at radius 2 is 1.19 bits per heavy atom. The molecule has 0 aliphatic carbocycles. The molecule has 0 atom stereocenters. The van der Waals surface area contributed by atoms with Crippen molar-refractivity contribution in [1.29, 1.82) is 0 Å². The van der Waals surface area contributed by atoms with Crippen LogP contribution in [-0.2, 0) is 18.0 Å². The van der Waals surface area contributed by atoms with Gasteiger partial charge in [-0.2, -0.15) is 0 Å². The number of aromatic nitrogens is 2. The van der Waals surface area contributed by atoms with E-state index in [1.807, 2.05) is 0 Å². The Hall–Kier alpha value is -0.830. The van der Waals surface area contributed by atoms with Gasteiger partial charge in [-0.1, -0.05) is 97.3 Å². The van der Waals surface area contributed by atoms with E-state index in [1.165, 1.54) is 103 Å². The van der Waals surface area contributed by atoms with Crippen LogP contribution in [0.3, 0.4) is 0 Å². The SMILES string of the molecule is CCCCCCCCCCOC[n+]1ccn(CCCCCCCCCC)c1. The van der Waals surface area contributed by atoms with Gasteiger partial charge in [0.25, 0.3) is 0 Å². The van der Waals surface area contributed by atoms with Crippen LogP contribution in [0.2, 0.25) is 0 Å². The first-order valence-corrected chi connectivity index (χ1v) is 12.0. The van der Waals surface area contributed by atoms with E-state index in [9.17, 15) is 0 Å². The zero-order valence-corrected chi connectivity index (χ0v) is 18.5. The molecule has 0 radical (unpaired) electrons. The molecule has 1 aromatic heterocycles. The van der Waals surface area contributed by atoms with E-state index in [0.717, 1.165) is 13.2 Å². The van der Waals surface area contributed by atoms with E-state index in [2.05, 4.69) is 41.7 Å². The Bertz CT molecular complexity index is 416. The van der Waals surface area contributed by atoms with Crippen LogP contribution in [0, 0.1) is 0 Å². The molecule has 0 saturated heterocycles. The third-order valence-corrected chi connectivity index (χ3v) is 5.40. The lowest BCUT2D eigenvalue weighted by molar-refractivity contribution is -0.732. The van der Waals surface area contributed by atoms with Crippen LogP contribution in [0.25, 0.3) is 0 Å². The summed E-state index contributed by atoms with van der Waals surface area (Å²) in [5.74, 6) is 0. The van der Waals surface area contributed by atoms with Crippen molar-refractivity contribution in [3.63, 3.8) is 0 Å². The first-order valence-electron chi connectivity index (χ1n) is 12.0. The van der Waals surface area contributed by atoms with Crippen molar-refractivity contribution in [1.82, 2.24) is 4.57 Å². The van der Waals surface area contributed by atoms with E-state index in [0.29, 0.717) is 6.73 Å². The monoisotopic (exact) mass is 379 g/mol. The highest BCUT2D eigenvalue weighted by atomic mass is 16.5. The smallest absolute Gasteiger partial charge is 0.245 e. The minimum absolute atomic E-state index is 0.695. The predicted octanol–water partition coefficient (Wildman–Crippen LogP) is 7.03. The molecule has 3 heteroatoms. The lowest BCUT2D eigenvalue weighted by Gasteiger charge is -2.03. The average molecular weight is 380 g/mol. The molecule has 0 unspecified atom stereocenters. The minimum Gasteiger partial charge on any atom is -0.342 e. The van der Waals surface area contributed by atoms with Crippen molar-refractivity contribution in [2.24, 2.45) is 0 Å². The quantitative estimate of drug-likeness (QED) is 0.176. The molecule has 0 N–H and O–H groups in total. The molecule has 0 aromatic carbocycles. The van der Waals surface area contributed by atoms with Crippen LogP contribution in [0.4, 0.5) is 0 Å². The number of hydrogen-bond acceptors (Lipinski definition) is 1. The largest absolute Gasteiger partial charge is 0.342 e. The Morgan fingerprint density at radius 1 is 0.667 bits per heavy atom. The summed E-state index contributed by atoms with van der Waals surface area (Å²) in [6.07, 6.45) is 28.4. The Kier molecular flexibility index (Phi) is 16.6. The summed E-state index contributed by atoms with van der Waals surface area (Å²) in [5.41, 5.74) is 0. The molecule has 158 valence electrons. The molecule has 0 spiro atoms. The summed E-state index contributed by atoms with van der Waals surface area (Å²) in [7, 11) is 0. The van der Waals surface area contributed by atoms with E-state index in [1.54, 1.807) is 0 Å². The fraction of sp³-hybridized carbons (Fsp3) is 0.875. The van der Waals surface area contributed by atoms with E-state index in [-0.39, 0.29) is 0 Å². The lowest BCUT2D eigenvalue weighted by atomic mass is 10.1. The summed E-state index contributed by atoms with van der Waals surface area (Å²) in [4.78, 5) is 0. The fourth-order valence-electron chi connectivity index (χ4n) is 3.58. The molecule has 27 heavy (non-hydrogen) atoms. The molecule has 0 saturated carbocycles. The van der Waals surface area contributed by atoms with E-state index >= 15 is 0 Å². The molecular formula is C24H47N2O+. The van der Waals surface area contributed by atoms with Gasteiger partial charge in [0.1, 0.15) is 12.4 Å². The second-order valence-electron chi connectivity index (χ2n) is 8.15. The highest BCUT2D eigenvalue weighted by Crippen LogP contribution is 2.09. The summed E-state index contributed by atoms with van der Waals surface area (Å²) in [6, 6.07) is 0. The van der Waals surface area contributed by atoms with Gasteiger partial charge in [0.15, 0.2) is 6.73 Å². The number of unbranched alkanes of at least 4 members (excludes halogenated alkanes) is 14. The highest BCUT2D eigenvalue weighted by Gasteiger charge is 2.03. The number of imidazole rings is 1. The van der Waals surface area contributed by atoms with Crippen molar-refractivity contribution in [3.8, 4) is 0 Å². The third-order valence-electron chi connectivity index (χ3n) is 5.40. The van der Waals surface area contributed by atoms with Crippen LogP contribution in [0.1, 0.15) is 117 Å². The Morgan fingerprint density at radius 3 is 1.78 bits per heavy atom. The Labute approximate surface area is 169 Å². The molecule has 0 fully saturated rings. The number of rotatable bonds is 20. The topological polar surface area (TPSA) is 18.0 Å². The van der Waals surface area contributed by atoms with Crippen molar-refractivity contribution in [3.05, 3.63) is 18.7 Å². The molecule has 0 aliphatic rings. The van der Waals surface area contributed by atoms with Gasteiger partial charge in [-0.3, -0.25) is 0 Å². The van der Waals surface area contributed by atoms with Gasteiger partial charge < -0.3 is 4.74 Å². The van der Waals surface area contributed by atoms with Crippen LogP contribution in [0.15, 0.2) is 18.7 Å². The molecule has 0 bridgehead atoms. The second-order valence-corrected chi connectivity index (χ2v) is 8.15. The van der Waals surface area contributed by atoms with Crippen molar-refractivity contribution in [2.45, 2.75) is 130 Å².